The Hall–Kier alpha value is -3.61. The van der Waals surface area contributed by atoms with E-state index >= 15 is 0 Å². The fourth-order valence-electron chi connectivity index (χ4n) is 2.38. The minimum Gasteiger partial charge on any atom is -0.490 e. The number of furan rings is 1. The molecule has 3 rings (SSSR count). The predicted octanol–water partition coefficient (Wildman–Crippen LogP) is 2.51. The van der Waals surface area contributed by atoms with Gasteiger partial charge in [0.1, 0.15) is 23.7 Å². The van der Waals surface area contributed by atoms with Crippen LogP contribution in [0, 0.1) is 0 Å². The molecule has 26 heavy (non-hydrogen) atoms. The first kappa shape index (κ1) is 17.2. The molecular weight excluding hydrogens is 336 g/mol. The van der Waals surface area contributed by atoms with Crippen molar-refractivity contribution in [3.8, 4) is 5.75 Å². The molecule has 2 aromatic rings. The molecular formula is C19H16N2O5. The van der Waals surface area contributed by atoms with Gasteiger partial charge in [-0.25, -0.2) is 4.79 Å². The maximum atomic E-state index is 12.6. The number of rotatable bonds is 6. The molecule has 1 aliphatic rings. The predicted molar refractivity (Wildman–Crippen MR) is 92.9 cm³/mol. The summed E-state index contributed by atoms with van der Waals surface area (Å²) in [5.74, 6) is -0.336. The molecule has 0 radical (unpaired) electrons. The van der Waals surface area contributed by atoms with E-state index in [-0.39, 0.29) is 12.1 Å². The molecule has 0 saturated carbocycles. The Kier molecular flexibility index (Phi) is 4.98. The van der Waals surface area contributed by atoms with Crippen LogP contribution in [0.3, 0.4) is 0 Å². The number of imide groups is 2. The second-order valence-corrected chi connectivity index (χ2v) is 5.46. The van der Waals surface area contributed by atoms with Gasteiger partial charge in [0.2, 0.25) is 0 Å². The van der Waals surface area contributed by atoms with Gasteiger partial charge >= 0.3 is 6.03 Å². The van der Waals surface area contributed by atoms with E-state index in [9.17, 15) is 14.4 Å². The van der Waals surface area contributed by atoms with E-state index in [1.54, 1.807) is 42.5 Å². The van der Waals surface area contributed by atoms with E-state index in [2.05, 4.69) is 11.9 Å². The van der Waals surface area contributed by atoms with Crippen molar-refractivity contribution in [3.05, 3.63) is 72.2 Å². The molecule has 0 unspecified atom stereocenters. The summed E-state index contributed by atoms with van der Waals surface area (Å²) in [5, 5.41) is 2.16. The van der Waals surface area contributed by atoms with Crippen molar-refractivity contribution < 1.29 is 23.5 Å². The van der Waals surface area contributed by atoms with Crippen molar-refractivity contribution in [2.75, 3.05) is 6.61 Å². The monoisotopic (exact) mass is 352 g/mol. The Bertz CT molecular complexity index is 866. The second kappa shape index (κ2) is 7.52. The summed E-state index contributed by atoms with van der Waals surface area (Å²) < 4.78 is 10.5. The third-order valence-electron chi connectivity index (χ3n) is 3.64. The van der Waals surface area contributed by atoms with E-state index in [4.69, 9.17) is 9.15 Å². The Labute approximate surface area is 149 Å². The van der Waals surface area contributed by atoms with E-state index in [1.807, 2.05) is 0 Å². The summed E-state index contributed by atoms with van der Waals surface area (Å²) in [4.78, 5) is 37.5. The molecule has 2 heterocycles. The Balaban J connectivity index is 1.81. The summed E-state index contributed by atoms with van der Waals surface area (Å²) in [7, 11) is 0. The number of hydrogen-bond donors (Lipinski definition) is 1. The van der Waals surface area contributed by atoms with Crippen molar-refractivity contribution >= 4 is 23.9 Å². The number of carbonyl (C=O) groups is 3. The molecule has 4 amide bonds. The summed E-state index contributed by atoms with van der Waals surface area (Å²) in [6.45, 7) is 3.89. The van der Waals surface area contributed by atoms with Crippen LogP contribution in [0.5, 0.6) is 5.75 Å². The standard InChI is InChI=1S/C19H16N2O5/c1-2-9-25-14-7-5-13(6-8-14)11-16-17(22)20-19(24)21(18(16)23)12-15-4-3-10-26-15/h2-8,10-11H,1,9,12H2,(H,20,22,24). The van der Waals surface area contributed by atoms with Gasteiger partial charge in [0.15, 0.2) is 0 Å². The topological polar surface area (TPSA) is 88.8 Å². The molecule has 1 saturated heterocycles. The van der Waals surface area contributed by atoms with Gasteiger partial charge in [0.25, 0.3) is 11.8 Å². The van der Waals surface area contributed by atoms with Crippen LogP contribution in [0.1, 0.15) is 11.3 Å². The number of nitrogens with zero attached hydrogens (tertiary/aromatic N) is 1. The number of hydrogen-bond acceptors (Lipinski definition) is 5. The zero-order valence-corrected chi connectivity index (χ0v) is 13.8. The highest BCUT2D eigenvalue weighted by Crippen LogP contribution is 2.19. The van der Waals surface area contributed by atoms with E-state index in [0.29, 0.717) is 23.7 Å². The molecule has 1 aromatic carbocycles. The molecule has 0 bridgehead atoms. The summed E-state index contributed by atoms with van der Waals surface area (Å²) >= 11 is 0. The minimum absolute atomic E-state index is 0.0589. The largest absolute Gasteiger partial charge is 0.490 e. The number of urea groups is 1. The van der Waals surface area contributed by atoms with Crippen LogP contribution in [-0.2, 0) is 16.1 Å². The van der Waals surface area contributed by atoms with Crippen LogP contribution in [0.25, 0.3) is 6.08 Å². The first-order chi connectivity index (χ1) is 12.6. The molecule has 1 N–H and O–H groups in total. The van der Waals surface area contributed by atoms with Crippen molar-refractivity contribution in [1.29, 1.82) is 0 Å². The Morgan fingerprint density at radius 3 is 2.58 bits per heavy atom. The van der Waals surface area contributed by atoms with Crippen molar-refractivity contribution in [3.63, 3.8) is 0 Å². The van der Waals surface area contributed by atoms with Crippen molar-refractivity contribution in [1.82, 2.24) is 10.2 Å². The Morgan fingerprint density at radius 2 is 1.92 bits per heavy atom. The van der Waals surface area contributed by atoms with Gasteiger partial charge in [-0.15, -0.1) is 0 Å². The van der Waals surface area contributed by atoms with E-state index in [1.165, 1.54) is 12.3 Å². The SMILES string of the molecule is C=CCOc1ccc(C=C2C(=O)NC(=O)N(Cc3ccco3)C2=O)cc1. The number of barbiturate groups is 1. The maximum Gasteiger partial charge on any atom is 0.331 e. The third-order valence-corrected chi connectivity index (χ3v) is 3.64. The van der Waals surface area contributed by atoms with Gasteiger partial charge in [-0.1, -0.05) is 24.8 Å². The van der Waals surface area contributed by atoms with E-state index in [0.717, 1.165) is 4.90 Å². The molecule has 1 aromatic heterocycles. The zero-order valence-electron chi connectivity index (χ0n) is 13.8. The lowest BCUT2D eigenvalue weighted by Crippen LogP contribution is -2.53. The summed E-state index contributed by atoms with van der Waals surface area (Å²) in [6, 6.07) is 9.36. The highest BCUT2D eigenvalue weighted by atomic mass is 16.5. The normalized spacial score (nSPS) is 15.9. The van der Waals surface area contributed by atoms with Crippen LogP contribution in [0.2, 0.25) is 0 Å². The average molecular weight is 352 g/mol. The van der Waals surface area contributed by atoms with Gasteiger partial charge in [-0.05, 0) is 35.9 Å². The highest BCUT2D eigenvalue weighted by Gasteiger charge is 2.36. The maximum absolute atomic E-state index is 12.6. The molecule has 1 fully saturated rings. The first-order valence-corrected chi connectivity index (χ1v) is 7.83. The lowest BCUT2D eigenvalue weighted by atomic mass is 10.1. The van der Waals surface area contributed by atoms with Gasteiger partial charge in [0.05, 0.1) is 12.8 Å². The third kappa shape index (κ3) is 3.72. The van der Waals surface area contributed by atoms with Crippen LogP contribution in [0.15, 0.2) is 65.3 Å². The smallest absolute Gasteiger partial charge is 0.331 e. The lowest BCUT2D eigenvalue weighted by molar-refractivity contribution is -0.130. The average Bonchev–Trinajstić information content (AvgIpc) is 3.15. The molecule has 132 valence electrons. The summed E-state index contributed by atoms with van der Waals surface area (Å²) in [5.41, 5.74) is 0.498. The van der Waals surface area contributed by atoms with Gasteiger partial charge < -0.3 is 9.15 Å². The first-order valence-electron chi connectivity index (χ1n) is 7.83. The van der Waals surface area contributed by atoms with Gasteiger partial charge in [0, 0.05) is 0 Å². The fourth-order valence-corrected chi connectivity index (χ4v) is 2.38. The lowest BCUT2D eigenvalue weighted by Gasteiger charge is -2.25. The van der Waals surface area contributed by atoms with Crippen molar-refractivity contribution in [2.24, 2.45) is 0 Å². The number of carbonyl (C=O) groups excluding carboxylic acids is 3. The molecule has 1 aliphatic heterocycles. The Morgan fingerprint density at radius 1 is 1.15 bits per heavy atom. The van der Waals surface area contributed by atoms with Gasteiger partial charge in [-0.2, -0.15) is 0 Å². The minimum atomic E-state index is -0.776. The number of amides is 4. The zero-order chi connectivity index (χ0) is 18.5. The molecule has 7 nitrogen and oxygen atoms in total. The van der Waals surface area contributed by atoms with Crippen molar-refractivity contribution in [2.45, 2.75) is 6.54 Å². The van der Waals surface area contributed by atoms with Crippen LogP contribution >= 0.6 is 0 Å². The second-order valence-electron chi connectivity index (χ2n) is 5.46. The molecule has 7 heteroatoms. The molecule has 0 spiro atoms. The summed E-state index contributed by atoms with van der Waals surface area (Å²) in [6.07, 6.45) is 4.50. The number of benzene rings is 1. The molecule has 0 atom stereocenters. The quantitative estimate of drug-likeness (QED) is 0.490. The fraction of sp³-hybridized carbons (Fsp3) is 0.105. The van der Waals surface area contributed by atoms with E-state index < -0.39 is 17.8 Å². The van der Waals surface area contributed by atoms with Crippen LogP contribution < -0.4 is 10.1 Å². The number of nitrogens with one attached hydrogen (secondary N) is 1. The highest BCUT2D eigenvalue weighted by molar-refractivity contribution is 6.30. The van der Waals surface area contributed by atoms with Gasteiger partial charge in [-0.3, -0.25) is 19.8 Å². The molecule has 0 aliphatic carbocycles. The van der Waals surface area contributed by atoms with Crippen LogP contribution in [0.4, 0.5) is 4.79 Å². The number of ether oxygens (including phenoxy) is 1. The van der Waals surface area contributed by atoms with Crippen LogP contribution in [-0.4, -0.2) is 29.4 Å².